The van der Waals surface area contributed by atoms with Crippen LogP contribution >= 0.6 is 0 Å². The van der Waals surface area contributed by atoms with Crippen LogP contribution < -0.4 is 5.32 Å². The van der Waals surface area contributed by atoms with Crippen LogP contribution in [-0.2, 0) is 9.84 Å². The fourth-order valence-electron chi connectivity index (χ4n) is 1.93. The largest absolute Gasteiger partial charge is 0.316 e. The van der Waals surface area contributed by atoms with Gasteiger partial charge in [-0.25, -0.2) is 12.8 Å². The second kappa shape index (κ2) is 7.60. The van der Waals surface area contributed by atoms with Crippen LogP contribution in [0, 0.1) is 5.82 Å². The quantitative estimate of drug-likeness (QED) is 0.798. The van der Waals surface area contributed by atoms with Crippen LogP contribution in [0.3, 0.4) is 0 Å². The van der Waals surface area contributed by atoms with Gasteiger partial charge in [-0.1, -0.05) is 26.0 Å². The maximum absolute atomic E-state index is 13.3. The Balaban J connectivity index is 2.77. The maximum atomic E-state index is 13.3. The van der Waals surface area contributed by atoms with E-state index >= 15 is 0 Å². The van der Waals surface area contributed by atoms with Gasteiger partial charge in [-0.3, -0.25) is 0 Å². The van der Waals surface area contributed by atoms with E-state index in [1.807, 2.05) is 13.0 Å². The summed E-state index contributed by atoms with van der Waals surface area (Å²) in [6.45, 7) is 5.12. The van der Waals surface area contributed by atoms with Gasteiger partial charge in [0.1, 0.15) is 15.7 Å². The third-order valence-electron chi connectivity index (χ3n) is 3.18. The van der Waals surface area contributed by atoms with Crippen molar-refractivity contribution >= 4 is 9.84 Å². The van der Waals surface area contributed by atoms with E-state index in [4.69, 9.17) is 0 Å². The van der Waals surface area contributed by atoms with Crippen molar-refractivity contribution < 1.29 is 12.8 Å². The number of hydrogen-bond acceptors (Lipinski definition) is 3. The zero-order chi connectivity index (χ0) is 14.3. The molecule has 0 aliphatic rings. The summed E-state index contributed by atoms with van der Waals surface area (Å²) in [5, 5.41) is 3.20. The molecule has 0 bridgehead atoms. The maximum Gasteiger partial charge on any atom is 0.150 e. The molecule has 1 aromatic rings. The normalized spacial score (nSPS) is 13.4. The lowest BCUT2D eigenvalue weighted by Crippen LogP contribution is -2.23. The molecule has 5 heteroatoms. The monoisotopic (exact) mass is 287 g/mol. The molecule has 1 unspecified atom stereocenters. The van der Waals surface area contributed by atoms with Gasteiger partial charge in [0.05, 0.1) is 5.75 Å². The SMILES string of the molecule is CCNCC(CCS(=O)(=O)CC)c1cccc(F)c1. The van der Waals surface area contributed by atoms with Crippen LogP contribution in [0.5, 0.6) is 0 Å². The summed E-state index contributed by atoms with van der Waals surface area (Å²) < 4.78 is 36.4. The van der Waals surface area contributed by atoms with E-state index in [0.717, 1.165) is 12.1 Å². The number of benzene rings is 1. The van der Waals surface area contributed by atoms with E-state index in [1.54, 1.807) is 13.0 Å². The van der Waals surface area contributed by atoms with Gasteiger partial charge in [0.25, 0.3) is 0 Å². The van der Waals surface area contributed by atoms with E-state index in [9.17, 15) is 12.8 Å². The molecular weight excluding hydrogens is 265 g/mol. The number of hydrogen-bond donors (Lipinski definition) is 1. The lowest BCUT2D eigenvalue weighted by molar-refractivity contribution is 0.559. The van der Waals surface area contributed by atoms with Crippen LogP contribution in [0.15, 0.2) is 24.3 Å². The van der Waals surface area contributed by atoms with Gasteiger partial charge >= 0.3 is 0 Å². The van der Waals surface area contributed by atoms with Gasteiger partial charge in [0.2, 0.25) is 0 Å². The van der Waals surface area contributed by atoms with E-state index in [2.05, 4.69) is 5.32 Å². The van der Waals surface area contributed by atoms with Crippen LogP contribution in [-0.4, -0.2) is 33.0 Å². The predicted molar refractivity (Wildman–Crippen MR) is 76.6 cm³/mol. The van der Waals surface area contributed by atoms with Crippen LogP contribution in [0.4, 0.5) is 4.39 Å². The molecule has 1 aromatic carbocycles. The number of nitrogens with one attached hydrogen (secondary N) is 1. The van der Waals surface area contributed by atoms with E-state index in [-0.39, 0.29) is 23.2 Å². The van der Waals surface area contributed by atoms with Gasteiger partial charge in [-0.15, -0.1) is 0 Å². The van der Waals surface area contributed by atoms with E-state index in [0.29, 0.717) is 13.0 Å². The first-order valence-corrected chi connectivity index (χ1v) is 8.47. The first kappa shape index (κ1) is 16.1. The van der Waals surface area contributed by atoms with Crippen LogP contribution in [0.2, 0.25) is 0 Å². The zero-order valence-electron chi connectivity index (χ0n) is 11.5. The second-order valence-electron chi connectivity index (χ2n) is 4.58. The van der Waals surface area contributed by atoms with Crippen molar-refractivity contribution in [3.8, 4) is 0 Å². The molecule has 0 aliphatic carbocycles. The topological polar surface area (TPSA) is 46.2 Å². The Morgan fingerprint density at radius 3 is 2.63 bits per heavy atom. The highest BCUT2D eigenvalue weighted by molar-refractivity contribution is 7.91. The Hall–Kier alpha value is -0.940. The smallest absolute Gasteiger partial charge is 0.150 e. The molecule has 0 saturated heterocycles. The lowest BCUT2D eigenvalue weighted by Gasteiger charge is -2.17. The van der Waals surface area contributed by atoms with Crippen molar-refractivity contribution in [1.82, 2.24) is 5.32 Å². The number of sulfone groups is 1. The van der Waals surface area contributed by atoms with Crippen molar-refractivity contribution in [1.29, 1.82) is 0 Å². The van der Waals surface area contributed by atoms with Crippen molar-refractivity contribution in [2.24, 2.45) is 0 Å². The summed E-state index contributed by atoms with van der Waals surface area (Å²) in [5.41, 5.74) is 0.854. The van der Waals surface area contributed by atoms with Crippen molar-refractivity contribution in [3.63, 3.8) is 0 Å². The van der Waals surface area contributed by atoms with Crippen molar-refractivity contribution in [2.45, 2.75) is 26.2 Å². The Morgan fingerprint density at radius 2 is 2.05 bits per heavy atom. The Morgan fingerprint density at radius 1 is 1.32 bits per heavy atom. The minimum atomic E-state index is -2.98. The molecule has 0 spiro atoms. The number of halogens is 1. The Bertz CT molecular complexity index is 488. The average Bonchev–Trinajstić information content (AvgIpc) is 2.39. The van der Waals surface area contributed by atoms with Gasteiger partial charge in [-0.05, 0) is 36.6 Å². The molecule has 0 aliphatic heterocycles. The van der Waals surface area contributed by atoms with Gasteiger partial charge in [0, 0.05) is 12.3 Å². The minimum Gasteiger partial charge on any atom is -0.316 e. The minimum absolute atomic E-state index is 0.0250. The summed E-state index contributed by atoms with van der Waals surface area (Å²) in [6, 6.07) is 6.40. The highest BCUT2D eigenvalue weighted by atomic mass is 32.2. The summed E-state index contributed by atoms with van der Waals surface area (Å²) in [7, 11) is -2.98. The predicted octanol–water partition coefficient (Wildman–Crippen LogP) is 2.34. The molecule has 0 amide bonds. The van der Waals surface area contributed by atoms with Crippen LogP contribution in [0.25, 0.3) is 0 Å². The molecule has 0 heterocycles. The van der Waals surface area contributed by atoms with Gasteiger partial charge in [0.15, 0.2) is 0 Å². The van der Waals surface area contributed by atoms with Crippen LogP contribution in [0.1, 0.15) is 31.7 Å². The third-order valence-corrected chi connectivity index (χ3v) is 4.92. The third kappa shape index (κ3) is 5.70. The average molecular weight is 287 g/mol. The summed E-state index contributed by atoms with van der Waals surface area (Å²) >= 11 is 0. The molecule has 3 nitrogen and oxygen atoms in total. The number of rotatable bonds is 8. The Kier molecular flexibility index (Phi) is 6.45. The molecule has 108 valence electrons. The fraction of sp³-hybridized carbons (Fsp3) is 0.571. The van der Waals surface area contributed by atoms with Gasteiger partial charge < -0.3 is 5.32 Å². The van der Waals surface area contributed by atoms with Crippen molar-refractivity contribution in [3.05, 3.63) is 35.6 Å². The summed E-state index contributed by atoms with van der Waals surface area (Å²) in [5.74, 6) is 0.0504. The van der Waals surface area contributed by atoms with Gasteiger partial charge in [-0.2, -0.15) is 0 Å². The lowest BCUT2D eigenvalue weighted by atomic mass is 9.96. The molecular formula is C14H22FNO2S. The van der Waals surface area contributed by atoms with E-state index < -0.39 is 9.84 Å². The standard InChI is InChI=1S/C14H22FNO2S/c1-3-16-11-13(8-9-19(17,18)4-2)12-6-5-7-14(15)10-12/h5-7,10,13,16H,3-4,8-9,11H2,1-2H3. The molecule has 1 atom stereocenters. The summed E-state index contributed by atoms with van der Waals surface area (Å²) in [6.07, 6.45) is 0.520. The number of likely N-dealkylation sites (N-methyl/N-ethyl adjacent to an activating group) is 1. The molecule has 0 aromatic heterocycles. The molecule has 1 rings (SSSR count). The Labute approximate surface area is 115 Å². The first-order valence-electron chi connectivity index (χ1n) is 6.65. The molecule has 1 N–H and O–H groups in total. The zero-order valence-corrected chi connectivity index (χ0v) is 12.3. The highest BCUT2D eigenvalue weighted by Gasteiger charge is 2.16. The molecule has 0 fully saturated rings. The van der Waals surface area contributed by atoms with Crippen molar-refractivity contribution in [2.75, 3.05) is 24.6 Å². The molecule has 19 heavy (non-hydrogen) atoms. The van der Waals surface area contributed by atoms with E-state index in [1.165, 1.54) is 12.1 Å². The first-order chi connectivity index (χ1) is 8.98. The second-order valence-corrected chi connectivity index (χ2v) is 7.06. The molecule has 0 saturated carbocycles. The fourth-order valence-corrected chi connectivity index (χ4v) is 2.86. The highest BCUT2D eigenvalue weighted by Crippen LogP contribution is 2.20. The molecule has 0 radical (unpaired) electrons. The summed E-state index contributed by atoms with van der Waals surface area (Å²) in [4.78, 5) is 0.